The molecular formula is C29H43NO11. The van der Waals surface area contributed by atoms with Crippen molar-refractivity contribution in [3.63, 3.8) is 0 Å². The molecule has 6 aliphatic rings. The van der Waals surface area contributed by atoms with Gasteiger partial charge in [-0.3, -0.25) is 0 Å². The summed E-state index contributed by atoms with van der Waals surface area (Å²) in [5.41, 5.74) is -3.65. The van der Waals surface area contributed by atoms with Gasteiger partial charge in [-0.1, -0.05) is 6.92 Å². The fraction of sp³-hybridized carbons (Fsp3) is 0.862. The maximum absolute atomic E-state index is 12.4. The summed E-state index contributed by atoms with van der Waals surface area (Å²) in [7, 11) is 0. The molecule has 5 fully saturated rings. The number of ether oxygens (including phenoxy) is 3. The maximum Gasteiger partial charge on any atom is 0.331 e. The molecule has 41 heavy (non-hydrogen) atoms. The highest BCUT2D eigenvalue weighted by molar-refractivity contribution is 5.85. The highest BCUT2D eigenvalue weighted by Gasteiger charge is 2.73. The average Bonchev–Trinajstić information content (AvgIpc) is 3.46. The van der Waals surface area contributed by atoms with Gasteiger partial charge in [0.15, 0.2) is 6.29 Å². The van der Waals surface area contributed by atoms with Crippen LogP contribution in [0.15, 0.2) is 16.8 Å². The molecule has 12 heteroatoms. The summed E-state index contributed by atoms with van der Waals surface area (Å²) in [6.45, 7) is 3.74. The van der Waals surface area contributed by atoms with Gasteiger partial charge in [-0.2, -0.15) is 0 Å². The van der Waals surface area contributed by atoms with Crippen molar-refractivity contribution in [2.45, 2.75) is 119 Å². The van der Waals surface area contributed by atoms with Crippen LogP contribution in [0.3, 0.4) is 0 Å². The lowest BCUT2D eigenvalue weighted by Gasteiger charge is -2.67. The summed E-state index contributed by atoms with van der Waals surface area (Å²) in [5, 5.41) is 80.4. The number of aliphatic hydroxyl groups excluding tert-OH is 4. The molecule has 4 saturated carbocycles. The fourth-order valence-electron chi connectivity index (χ4n) is 9.94. The first kappa shape index (κ1) is 29.4. The topological polar surface area (TPSA) is 199 Å². The summed E-state index contributed by atoms with van der Waals surface area (Å²) in [4.78, 5) is 11.8. The van der Waals surface area contributed by atoms with Crippen LogP contribution in [-0.4, -0.2) is 109 Å². The van der Waals surface area contributed by atoms with E-state index in [1.165, 1.54) is 12.3 Å². The SMILES string of the molecule is C[C@H]1O[C@@H](O[C@@H]2CC[C@]3(/C=N\O)[C@H]4[C@H](O)C[C@]5(C)[C@H](C6=CC(=O)OC6)CC[C@@]5(O)[C@H]4CC[C@]3(O)C2)[C@H](O)[C@H](O)[C@H]1O. The second-order valence-corrected chi connectivity index (χ2v) is 13.7. The van der Waals surface area contributed by atoms with Gasteiger partial charge < -0.3 is 50.1 Å². The van der Waals surface area contributed by atoms with Gasteiger partial charge in [0, 0.05) is 29.2 Å². The first-order chi connectivity index (χ1) is 19.3. The molecule has 0 aromatic heterocycles. The van der Waals surface area contributed by atoms with Crippen LogP contribution in [0.1, 0.15) is 65.2 Å². The third-order valence-corrected chi connectivity index (χ3v) is 12.0. The number of cyclic esters (lactones) is 1. The molecule has 14 atom stereocenters. The molecule has 230 valence electrons. The van der Waals surface area contributed by atoms with Crippen LogP contribution in [0.4, 0.5) is 0 Å². The number of hydrogen-bond donors (Lipinski definition) is 7. The van der Waals surface area contributed by atoms with Gasteiger partial charge in [0.2, 0.25) is 0 Å². The molecule has 6 rings (SSSR count). The number of aliphatic hydroxyl groups is 6. The van der Waals surface area contributed by atoms with Crippen LogP contribution in [0.5, 0.6) is 0 Å². The Bertz CT molecular complexity index is 1120. The molecule has 0 unspecified atom stereocenters. The lowest BCUT2D eigenvalue weighted by Crippen LogP contribution is -2.72. The van der Waals surface area contributed by atoms with E-state index in [4.69, 9.17) is 14.2 Å². The maximum atomic E-state index is 12.4. The van der Waals surface area contributed by atoms with Crippen LogP contribution in [0.2, 0.25) is 0 Å². The van der Waals surface area contributed by atoms with Gasteiger partial charge >= 0.3 is 5.97 Å². The Morgan fingerprint density at radius 3 is 2.46 bits per heavy atom. The van der Waals surface area contributed by atoms with Crippen LogP contribution in [0.25, 0.3) is 0 Å². The molecule has 0 bridgehead atoms. The first-order valence-electron chi connectivity index (χ1n) is 14.8. The summed E-state index contributed by atoms with van der Waals surface area (Å²) in [6, 6.07) is 0. The second-order valence-electron chi connectivity index (χ2n) is 13.7. The third kappa shape index (κ3) is 4.09. The van der Waals surface area contributed by atoms with E-state index in [0.717, 1.165) is 5.57 Å². The van der Waals surface area contributed by atoms with Crippen molar-refractivity contribution in [2.24, 2.45) is 33.7 Å². The third-order valence-electron chi connectivity index (χ3n) is 12.0. The monoisotopic (exact) mass is 581 g/mol. The predicted octanol–water partition coefficient (Wildman–Crippen LogP) is -0.0181. The zero-order chi connectivity index (χ0) is 29.5. The molecule has 0 spiro atoms. The smallest absolute Gasteiger partial charge is 0.331 e. The van der Waals surface area contributed by atoms with Gasteiger partial charge in [-0.25, -0.2) is 4.79 Å². The Morgan fingerprint density at radius 2 is 1.78 bits per heavy atom. The van der Waals surface area contributed by atoms with E-state index in [1.54, 1.807) is 6.92 Å². The summed E-state index contributed by atoms with van der Waals surface area (Å²) in [6.07, 6.45) is -2.02. The zero-order valence-electron chi connectivity index (χ0n) is 23.5. The number of oxime groups is 1. The quantitative estimate of drug-likeness (QED) is 0.0774. The van der Waals surface area contributed by atoms with Crippen molar-refractivity contribution in [1.29, 1.82) is 0 Å². The van der Waals surface area contributed by atoms with Crippen LogP contribution in [-0.2, 0) is 19.0 Å². The number of rotatable bonds is 4. The average molecular weight is 582 g/mol. The predicted molar refractivity (Wildman–Crippen MR) is 140 cm³/mol. The van der Waals surface area contributed by atoms with Crippen molar-refractivity contribution < 1.29 is 54.9 Å². The Hall–Kier alpha value is -1.64. The molecule has 1 saturated heterocycles. The minimum Gasteiger partial charge on any atom is -0.458 e. The summed E-state index contributed by atoms with van der Waals surface area (Å²) in [5.74, 6) is -1.50. The molecule has 2 heterocycles. The van der Waals surface area contributed by atoms with E-state index >= 15 is 0 Å². The Labute approximate surface area is 238 Å². The van der Waals surface area contributed by atoms with E-state index < -0.39 is 76.8 Å². The Kier molecular flexibility index (Phi) is 7.14. The van der Waals surface area contributed by atoms with E-state index in [-0.39, 0.29) is 44.2 Å². The van der Waals surface area contributed by atoms with E-state index in [2.05, 4.69) is 5.16 Å². The highest BCUT2D eigenvalue weighted by Crippen LogP contribution is 2.70. The number of fused-ring (bicyclic) bond motifs is 5. The molecule has 0 radical (unpaired) electrons. The van der Waals surface area contributed by atoms with Crippen molar-refractivity contribution in [1.82, 2.24) is 0 Å². The lowest BCUT2D eigenvalue weighted by atomic mass is 9.41. The Balaban J connectivity index is 1.28. The van der Waals surface area contributed by atoms with Gasteiger partial charge in [-0.15, -0.1) is 5.16 Å². The number of esters is 1. The van der Waals surface area contributed by atoms with Gasteiger partial charge in [0.05, 0.1) is 35.7 Å². The number of carbonyl (C=O) groups is 1. The minimum atomic E-state index is -1.48. The van der Waals surface area contributed by atoms with E-state index in [9.17, 15) is 40.6 Å². The number of nitrogens with zero attached hydrogens (tertiary/aromatic N) is 1. The van der Waals surface area contributed by atoms with Gasteiger partial charge in [-0.05, 0) is 69.3 Å². The molecule has 4 aliphatic carbocycles. The van der Waals surface area contributed by atoms with Crippen molar-refractivity contribution >= 4 is 12.2 Å². The molecular weight excluding hydrogens is 538 g/mol. The summed E-state index contributed by atoms with van der Waals surface area (Å²) < 4.78 is 16.8. The van der Waals surface area contributed by atoms with Crippen LogP contribution >= 0.6 is 0 Å². The van der Waals surface area contributed by atoms with Crippen molar-refractivity contribution in [3.8, 4) is 0 Å². The number of hydrogen-bond acceptors (Lipinski definition) is 12. The zero-order valence-corrected chi connectivity index (χ0v) is 23.5. The second kappa shape index (κ2) is 9.95. The number of carbonyl (C=O) groups excluding carboxylic acids is 1. The normalized spacial score (nSPS) is 55.2. The lowest BCUT2D eigenvalue weighted by molar-refractivity contribution is -0.318. The van der Waals surface area contributed by atoms with E-state index in [0.29, 0.717) is 25.7 Å². The summed E-state index contributed by atoms with van der Waals surface area (Å²) >= 11 is 0. The molecule has 0 aromatic rings. The molecule has 2 aliphatic heterocycles. The van der Waals surface area contributed by atoms with Gasteiger partial charge in [0.25, 0.3) is 0 Å². The highest BCUT2D eigenvalue weighted by atomic mass is 16.7. The molecule has 12 nitrogen and oxygen atoms in total. The van der Waals surface area contributed by atoms with Crippen molar-refractivity contribution in [2.75, 3.05) is 6.61 Å². The van der Waals surface area contributed by atoms with Crippen LogP contribution in [0, 0.1) is 28.6 Å². The Morgan fingerprint density at radius 1 is 1.02 bits per heavy atom. The van der Waals surface area contributed by atoms with Crippen molar-refractivity contribution in [3.05, 3.63) is 11.6 Å². The van der Waals surface area contributed by atoms with Crippen LogP contribution < -0.4 is 0 Å². The first-order valence-corrected chi connectivity index (χ1v) is 14.8. The molecule has 0 aromatic carbocycles. The van der Waals surface area contributed by atoms with Gasteiger partial charge in [0.1, 0.15) is 24.9 Å². The molecule has 0 amide bonds. The minimum absolute atomic E-state index is 0.0965. The molecule has 7 N–H and O–H groups in total. The fourth-order valence-corrected chi connectivity index (χ4v) is 9.94. The van der Waals surface area contributed by atoms with E-state index in [1.807, 2.05) is 6.92 Å². The standard InChI is InChI=1S/C29H43NO11/c1-14-22(33)23(34)24(35)25(40-14)41-16-3-6-27(13-30-38)21-18(4-7-28(27,36)10-16)29(37)8-5-17(15-9-20(32)39-12-15)26(29,2)11-19(21)31/h9,13-14,16-19,21-25,31,33-38H,3-8,10-12H2,1-2H3/b30-13-/t14-,16-,17+,18+,19-,21-,22+,23-,24-,25+,26-,27+,28+,29-/m1/s1. The largest absolute Gasteiger partial charge is 0.458 e.